The van der Waals surface area contributed by atoms with Crippen LogP contribution in [0.15, 0.2) is 27.8 Å². The maximum Gasteiger partial charge on any atom is 0.329 e. The van der Waals surface area contributed by atoms with Crippen LogP contribution in [-0.2, 0) is 20.1 Å². The molecule has 1 fully saturated rings. The monoisotopic (exact) mass is 476 g/mol. The topological polar surface area (TPSA) is 79.2 Å². The standard InChI is InChI=1S/C23H30ClFN6O2/c1-3-4-5-6-10-31-19-20(28(2)23(33)27-21(19)32)26-22(31)30-13-11-29(12-14-30)15-16-17(24)8-7-9-18(16)25/h7-9H,3-6,10-15H2,1-2H3,(H,27,32,33). The molecule has 33 heavy (non-hydrogen) atoms. The lowest BCUT2D eigenvalue weighted by Gasteiger charge is -2.35. The van der Waals surface area contributed by atoms with Crippen LogP contribution in [-0.4, -0.2) is 50.2 Å². The number of unbranched alkanes of at least 4 members (excludes halogenated alkanes) is 3. The Morgan fingerprint density at radius 2 is 1.88 bits per heavy atom. The van der Waals surface area contributed by atoms with Gasteiger partial charge in [0.25, 0.3) is 5.56 Å². The predicted octanol–water partition coefficient (Wildman–Crippen LogP) is 3.12. The Hall–Kier alpha value is -2.65. The van der Waals surface area contributed by atoms with E-state index in [-0.39, 0.29) is 5.82 Å². The first-order valence-electron chi connectivity index (χ1n) is 11.5. The normalized spacial score (nSPS) is 15.0. The number of halogens is 2. The van der Waals surface area contributed by atoms with Crippen LogP contribution in [0.5, 0.6) is 0 Å². The molecular weight excluding hydrogens is 447 g/mol. The van der Waals surface area contributed by atoms with Gasteiger partial charge in [-0.2, -0.15) is 4.98 Å². The zero-order chi connectivity index (χ0) is 23.5. The fraction of sp³-hybridized carbons (Fsp3) is 0.522. The Kier molecular flexibility index (Phi) is 7.19. The predicted molar refractivity (Wildman–Crippen MR) is 129 cm³/mol. The third kappa shape index (κ3) is 4.84. The third-order valence-corrected chi connectivity index (χ3v) is 6.67. The van der Waals surface area contributed by atoms with Crippen molar-refractivity contribution in [3.63, 3.8) is 0 Å². The number of nitrogens with one attached hydrogen (secondary N) is 1. The highest BCUT2D eigenvalue weighted by molar-refractivity contribution is 6.31. The summed E-state index contributed by atoms with van der Waals surface area (Å²) in [6.45, 7) is 6.04. The molecule has 0 unspecified atom stereocenters. The molecule has 1 aliphatic rings. The van der Waals surface area contributed by atoms with Gasteiger partial charge in [0.15, 0.2) is 11.2 Å². The van der Waals surface area contributed by atoms with Crippen molar-refractivity contribution in [1.82, 2.24) is 24.0 Å². The molecule has 1 N–H and O–H groups in total. The van der Waals surface area contributed by atoms with Crippen molar-refractivity contribution in [3.05, 3.63) is 55.4 Å². The van der Waals surface area contributed by atoms with E-state index in [0.29, 0.717) is 67.0 Å². The summed E-state index contributed by atoms with van der Waals surface area (Å²) in [5.41, 5.74) is 0.465. The lowest BCUT2D eigenvalue weighted by atomic mass is 10.2. The van der Waals surface area contributed by atoms with Crippen LogP contribution in [0.25, 0.3) is 11.2 Å². The smallest absolute Gasteiger partial charge is 0.329 e. The lowest BCUT2D eigenvalue weighted by Crippen LogP contribution is -2.47. The SMILES string of the molecule is CCCCCCn1c(N2CCN(Cc3c(F)cccc3Cl)CC2)nc2c1c(=O)[nH]c(=O)n2C. The molecule has 0 radical (unpaired) electrons. The van der Waals surface area contributed by atoms with Crippen LogP contribution in [0, 0.1) is 5.82 Å². The average molecular weight is 477 g/mol. The number of hydrogen-bond acceptors (Lipinski definition) is 5. The average Bonchev–Trinajstić information content (AvgIpc) is 3.18. The number of hydrogen-bond donors (Lipinski definition) is 1. The summed E-state index contributed by atoms with van der Waals surface area (Å²) in [4.78, 5) is 36.2. The summed E-state index contributed by atoms with van der Waals surface area (Å²) in [6, 6.07) is 4.75. The number of anilines is 1. The Morgan fingerprint density at radius 3 is 2.58 bits per heavy atom. The molecule has 1 saturated heterocycles. The van der Waals surface area contributed by atoms with Crippen LogP contribution in [0.3, 0.4) is 0 Å². The van der Waals surface area contributed by atoms with Gasteiger partial charge in [-0.1, -0.05) is 43.9 Å². The molecule has 0 atom stereocenters. The van der Waals surface area contributed by atoms with Crippen molar-refractivity contribution in [2.24, 2.45) is 7.05 Å². The molecule has 8 nitrogen and oxygen atoms in total. The van der Waals surface area contributed by atoms with Gasteiger partial charge < -0.3 is 9.47 Å². The van der Waals surface area contributed by atoms with Gasteiger partial charge in [-0.05, 0) is 18.6 Å². The molecule has 2 aromatic heterocycles. The van der Waals surface area contributed by atoms with Crippen molar-refractivity contribution in [2.45, 2.75) is 45.7 Å². The lowest BCUT2D eigenvalue weighted by molar-refractivity contribution is 0.245. The van der Waals surface area contributed by atoms with Gasteiger partial charge in [0.1, 0.15) is 5.82 Å². The van der Waals surface area contributed by atoms with Crippen LogP contribution in [0.1, 0.15) is 38.2 Å². The molecule has 3 aromatic rings. The van der Waals surface area contributed by atoms with Gasteiger partial charge in [0, 0.05) is 56.9 Å². The van der Waals surface area contributed by atoms with Crippen LogP contribution < -0.4 is 16.1 Å². The number of nitrogens with zero attached hydrogens (tertiary/aromatic N) is 5. The third-order valence-electron chi connectivity index (χ3n) is 6.32. The Bertz CT molecular complexity index is 1220. The maximum atomic E-state index is 14.2. The van der Waals surface area contributed by atoms with Crippen molar-refractivity contribution in [2.75, 3.05) is 31.1 Å². The van der Waals surface area contributed by atoms with E-state index in [9.17, 15) is 14.0 Å². The van der Waals surface area contributed by atoms with Crippen molar-refractivity contribution in [1.29, 1.82) is 0 Å². The molecular formula is C23H30ClFN6O2. The van der Waals surface area contributed by atoms with Crippen molar-refractivity contribution >= 4 is 28.7 Å². The van der Waals surface area contributed by atoms with Crippen molar-refractivity contribution < 1.29 is 4.39 Å². The van der Waals surface area contributed by atoms with E-state index in [1.807, 2.05) is 4.57 Å². The van der Waals surface area contributed by atoms with Gasteiger partial charge in [-0.15, -0.1) is 0 Å². The highest BCUT2D eigenvalue weighted by atomic mass is 35.5. The van der Waals surface area contributed by atoms with E-state index >= 15 is 0 Å². The maximum absolute atomic E-state index is 14.2. The van der Waals surface area contributed by atoms with Gasteiger partial charge >= 0.3 is 5.69 Å². The second-order valence-corrected chi connectivity index (χ2v) is 8.99. The highest BCUT2D eigenvalue weighted by Gasteiger charge is 2.25. The molecule has 0 saturated carbocycles. The summed E-state index contributed by atoms with van der Waals surface area (Å²) in [5, 5.41) is 0.437. The van der Waals surface area contributed by atoms with Crippen LogP contribution >= 0.6 is 11.6 Å². The minimum absolute atomic E-state index is 0.293. The van der Waals surface area contributed by atoms with Crippen LogP contribution in [0.4, 0.5) is 10.3 Å². The second kappa shape index (κ2) is 10.1. The number of benzene rings is 1. The first-order chi connectivity index (χ1) is 15.9. The summed E-state index contributed by atoms with van der Waals surface area (Å²) in [5.74, 6) is 0.413. The van der Waals surface area contributed by atoms with Crippen LogP contribution in [0.2, 0.25) is 5.02 Å². The van der Waals surface area contributed by atoms with E-state index in [4.69, 9.17) is 16.6 Å². The highest BCUT2D eigenvalue weighted by Crippen LogP contribution is 2.24. The summed E-state index contributed by atoms with van der Waals surface area (Å²) < 4.78 is 17.5. The molecule has 0 spiro atoms. The number of piperazine rings is 1. The number of aromatic amines is 1. The molecule has 0 aliphatic carbocycles. The molecule has 10 heteroatoms. The number of aryl methyl sites for hydroxylation is 2. The largest absolute Gasteiger partial charge is 0.340 e. The zero-order valence-corrected chi connectivity index (χ0v) is 19.9. The molecule has 3 heterocycles. The number of fused-ring (bicyclic) bond motifs is 1. The molecule has 1 aliphatic heterocycles. The van der Waals surface area contributed by atoms with E-state index < -0.39 is 11.2 Å². The number of rotatable bonds is 8. The van der Waals surface area contributed by atoms with Gasteiger partial charge in [-0.3, -0.25) is 19.2 Å². The van der Waals surface area contributed by atoms with Gasteiger partial charge in [0.2, 0.25) is 5.95 Å². The fourth-order valence-electron chi connectivity index (χ4n) is 4.39. The van der Waals surface area contributed by atoms with E-state index in [1.165, 1.54) is 10.6 Å². The minimum Gasteiger partial charge on any atom is -0.340 e. The number of aromatic nitrogens is 4. The molecule has 178 valence electrons. The number of imidazole rings is 1. The first kappa shape index (κ1) is 23.5. The quantitative estimate of drug-likeness (QED) is 0.505. The summed E-state index contributed by atoms with van der Waals surface area (Å²) in [7, 11) is 1.62. The minimum atomic E-state index is -0.471. The molecule has 1 aromatic carbocycles. The van der Waals surface area contributed by atoms with Gasteiger partial charge in [0.05, 0.1) is 0 Å². The van der Waals surface area contributed by atoms with E-state index in [2.05, 4.69) is 21.7 Å². The first-order valence-corrected chi connectivity index (χ1v) is 11.9. The Morgan fingerprint density at radius 1 is 1.12 bits per heavy atom. The molecule has 4 rings (SSSR count). The fourth-order valence-corrected chi connectivity index (χ4v) is 4.61. The van der Waals surface area contributed by atoms with E-state index in [0.717, 1.165) is 25.7 Å². The zero-order valence-electron chi connectivity index (χ0n) is 19.1. The number of H-pyrrole nitrogens is 1. The van der Waals surface area contributed by atoms with Crippen molar-refractivity contribution in [3.8, 4) is 0 Å². The second-order valence-electron chi connectivity index (χ2n) is 8.58. The Balaban J connectivity index is 1.57. The Labute approximate surface area is 196 Å². The summed E-state index contributed by atoms with van der Waals surface area (Å²) in [6.07, 6.45) is 4.26. The van der Waals surface area contributed by atoms with Gasteiger partial charge in [-0.25, -0.2) is 9.18 Å². The molecule has 0 bridgehead atoms. The van der Waals surface area contributed by atoms with E-state index in [1.54, 1.807) is 19.2 Å². The molecule has 0 amide bonds. The summed E-state index contributed by atoms with van der Waals surface area (Å²) >= 11 is 6.20.